The van der Waals surface area contributed by atoms with Crippen molar-refractivity contribution in [2.75, 3.05) is 6.61 Å². The van der Waals surface area contributed by atoms with Crippen molar-refractivity contribution in [1.82, 2.24) is 0 Å². The van der Waals surface area contributed by atoms with E-state index in [-0.39, 0.29) is 7.02 Å². The summed E-state index contributed by atoms with van der Waals surface area (Å²) in [6.45, 7) is 3.19. The third kappa shape index (κ3) is 7.16. The topological polar surface area (TPSA) is 9.23 Å². The van der Waals surface area contributed by atoms with Gasteiger partial charge in [0, 0.05) is 0 Å². The van der Waals surface area contributed by atoms with E-state index in [0.29, 0.717) is 0 Å². The van der Waals surface area contributed by atoms with Crippen LogP contribution in [0.25, 0.3) is 0 Å². The smallest absolute Gasteiger partial charge is 0.119 e. The van der Waals surface area contributed by atoms with Crippen LogP contribution in [0.1, 0.15) is 76.2 Å². The van der Waals surface area contributed by atoms with E-state index < -0.39 is 0 Å². The summed E-state index contributed by atoms with van der Waals surface area (Å²) >= 11 is 2.56. The average molecular weight is 444 g/mol. The van der Waals surface area contributed by atoms with E-state index >= 15 is 0 Å². The molecule has 2 rings (SSSR count). The number of rotatable bonds is 10. The highest BCUT2D eigenvalue weighted by Crippen LogP contribution is 2.38. The molecule has 0 amide bonds. The molecule has 1 fully saturated rings. The molecule has 0 unspecified atom stereocenters. The predicted molar refractivity (Wildman–Crippen MR) is 113 cm³/mol. The molecule has 130 valence electrons. The first-order chi connectivity index (χ1) is 11.3. The van der Waals surface area contributed by atoms with Gasteiger partial charge in [-0.1, -0.05) is 50.8 Å². The van der Waals surface area contributed by atoms with Gasteiger partial charge in [0.25, 0.3) is 0 Å². The van der Waals surface area contributed by atoms with Crippen LogP contribution >= 0.6 is 21.8 Å². The van der Waals surface area contributed by atoms with Gasteiger partial charge >= 0.3 is 0 Å². The van der Waals surface area contributed by atoms with Crippen LogP contribution in [0.4, 0.5) is 0 Å². The van der Waals surface area contributed by atoms with Crippen molar-refractivity contribution in [2.45, 2.75) is 76.7 Å². The van der Waals surface area contributed by atoms with Crippen molar-refractivity contribution < 1.29 is 4.74 Å². The van der Waals surface area contributed by atoms with Gasteiger partial charge in [0.2, 0.25) is 0 Å². The minimum atomic E-state index is 0.172. The Bertz CT molecular complexity index is 412. The highest BCUT2D eigenvalue weighted by Gasteiger charge is 2.21. The Morgan fingerprint density at radius 1 is 1.04 bits per heavy atom. The van der Waals surface area contributed by atoms with E-state index in [0.717, 1.165) is 24.2 Å². The van der Waals surface area contributed by atoms with Gasteiger partial charge in [-0.3, -0.25) is 0 Å². The van der Waals surface area contributed by atoms with Crippen LogP contribution in [0.2, 0.25) is 6.04 Å². The Balaban J connectivity index is 1.71. The molecule has 0 saturated heterocycles. The molecular weight excluding hydrogens is 411 g/mol. The van der Waals surface area contributed by atoms with Crippen LogP contribution in [-0.4, -0.2) is 13.6 Å². The Hall–Kier alpha value is -0.0331. The molecule has 0 spiro atoms. The lowest BCUT2D eigenvalue weighted by Crippen LogP contribution is -2.13. The molecule has 1 aliphatic carbocycles. The number of halogens is 1. The monoisotopic (exact) mass is 444 g/mol. The van der Waals surface area contributed by atoms with E-state index in [1.807, 2.05) is 0 Å². The number of ether oxygens (including phenoxy) is 1. The number of benzene rings is 1. The van der Waals surface area contributed by atoms with Gasteiger partial charge in [-0.15, -0.1) is 21.8 Å². The van der Waals surface area contributed by atoms with Crippen LogP contribution in [-0.2, 0) is 0 Å². The summed E-state index contributed by atoms with van der Waals surface area (Å²) < 4.78 is 5.84. The molecule has 1 nitrogen and oxygen atoms in total. The maximum absolute atomic E-state index is 5.84. The van der Waals surface area contributed by atoms with Crippen LogP contribution in [0, 0.1) is 5.92 Å². The Morgan fingerprint density at radius 3 is 2.43 bits per heavy atom. The Morgan fingerprint density at radius 2 is 1.78 bits per heavy atom. The van der Waals surface area contributed by atoms with Gasteiger partial charge in [-0.25, -0.2) is 0 Å². The number of hydrogen-bond acceptors (Lipinski definition) is 1. The maximum Gasteiger partial charge on any atom is 0.119 e. The molecule has 0 atom stereocenters. The lowest BCUT2D eigenvalue weighted by molar-refractivity contribution is 0.302. The number of unbranched alkanes of at least 4 members (excludes halogenated alkanes) is 2. The van der Waals surface area contributed by atoms with E-state index in [2.05, 4.69) is 53.0 Å². The summed E-state index contributed by atoms with van der Waals surface area (Å²) in [5, 5.41) is 0. The SMILES string of the molecule is CCCCCC1CCC(c2ccc(OCCC[SiH2]I)cc2)CC1. The first-order valence-electron chi connectivity index (χ1n) is 9.62. The molecule has 0 radical (unpaired) electrons. The molecule has 0 bridgehead atoms. The van der Waals surface area contributed by atoms with Gasteiger partial charge < -0.3 is 4.74 Å². The molecule has 0 heterocycles. The minimum Gasteiger partial charge on any atom is -0.494 e. The van der Waals surface area contributed by atoms with Crippen molar-refractivity contribution in [3.8, 4) is 5.75 Å². The second-order valence-corrected chi connectivity index (χ2v) is 11.3. The second kappa shape index (κ2) is 11.5. The molecule has 3 heteroatoms. The summed E-state index contributed by atoms with van der Waals surface area (Å²) in [6, 6.07) is 10.4. The van der Waals surface area contributed by atoms with Gasteiger partial charge in [0.05, 0.1) is 13.6 Å². The van der Waals surface area contributed by atoms with Crippen molar-refractivity contribution >= 4 is 28.8 Å². The standard InChI is InChI=1S/C20H33IOSi/c1-2-3-4-6-17-7-9-18(10-8-17)19-11-13-20(14-12-19)22-15-5-16-23-21/h11-14,17-18H,2-10,15-16,23H2,1H3. The zero-order chi connectivity index (χ0) is 16.3. The van der Waals surface area contributed by atoms with Gasteiger partial charge in [0.1, 0.15) is 5.75 Å². The Labute approximate surface area is 158 Å². The minimum absolute atomic E-state index is 0.172. The fraction of sp³-hybridized carbons (Fsp3) is 0.700. The van der Waals surface area contributed by atoms with Crippen molar-refractivity contribution in [2.24, 2.45) is 5.92 Å². The molecule has 0 aromatic heterocycles. The summed E-state index contributed by atoms with van der Waals surface area (Å²) in [5.74, 6) is 2.84. The van der Waals surface area contributed by atoms with E-state index in [4.69, 9.17) is 4.74 Å². The molecule has 23 heavy (non-hydrogen) atoms. The fourth-order valence-corrected chi connectivity index (χ4v) is 5.70. The normalized spacial score (nSPS) is 21.8. The molecule has 1 aromatic rings. The van der Waals surface area contributed by atoms with Gasteiger partial charge in [-0.05, 0) is 61.6 Å². The van der Waals surface area contributed by atoms with Crippen molar-refractivity contribution in [1.29, 1.82) is 0 Å². The lowest BCUT2D eigenvalue weighted by Gasteiger charge is -2.29. The molecule has 0 N–H and O–H groups in total. The van der Waals surface area contributed by atoms with Crippen LogP contribution in [0.15, 0.2) is 24.3 Å². The summed E-state index contributed by atoms with van der Waals surface area (Å²) in [6.07, 6.45) is 12.5. The number of hydrogen-bond donors (Lipinski definition) is 0. The van der Waals surface area contributed by atoms with E-state index in [1.54, 1.807) is 0 Å². The zero-order valence-electron chi connectivity index (χ0n) is 14.7. The average Bonchev–Trinajstić information content (AvgIpc) is 2.60. The Kier molecular flexibility index (Phi) is 9.65. The fourth-order valence-electron chi connectivity index (χ4n) is 3.69. The largest absolute Gasteiger partial charge is 0.494 e. The molecule has 1 aromatic carbocycles. The van der Waals surface area contributed by atoms with Crippen molar-refractivity contribution in [3.63, 3.8) is 0 Å². The zero-order valence-corrected chi connectivity index (χ0v) is 18.3. The van der Waals surface area contributed by atoms with Crippen LogP contribution in [0.3, 0.4) is 0 Å². The van der Waals surface area contributed by atoms with Crippen LogP contribution in [0.5, 0.6) is 5.75 Å². The van der Waals surface area contributed by atoms with E-state index in [9.17, 15) is 0 Å². The predicted octanol–water partition coefficient (Wildman–Crippen LogP) is 6.25. The summed E-state index contributed by atoms with van der Waals surface area (Å²) in [7, 11) is 0.172. The molecular formula is C20H33IOSi. The van der Waals surface area contributed by atoms with E-state index in [1.165, 1.54) is 69.4 Å². The highest BCUT2D eigenvalue weighted by atomic mass is 127. The molecule has 0 aliphatic heterocycles. The maximum atomic E-state index is 5.84. The highest BCUT2D eigenvalue weighted by molar-refractivity contribution is 14.1. The first kappa shape index (κ1) is 19.3. The summed E-state index contributed by atoms with van der Waals surface area (Å²) in [5.41, 5.74) is 1.53. The second-order valence-electron chi connectivity index (χ2n) is 7.03. The lowest BCUT2D eigenvalue weighted by atomic mass is 9.77. The third-order valence-electron chi connectivity index (χ3n) is 5.21. The molecule has 1 saturated carbocycles. The van der Waals surface area contributed by atoms with Crippen LogP contribution < -0.4 is 4.74 Å². The van der Waals surface area contributed by atoms with Crippen molar-refractivity contribution in [3.05, 3.63) is 29.8 Å². The quantitative estimate of drug-likeness (QED) is 0.180. The third-order valence-corrected chi connectivity index (χ3v) is 8.27. The molecule has 1 aliphatic rings. The first-order valence-corrected chi connectivity index (χ1v) is 15.7. The van der Waals surface area contributed by atoms with Gasteiger partial charge in [-0.2, -0.15) is 0 Å². The summed E-state index contributed by atoms with van der Waals surface area (Å²) in [4.78, 5) is 0. The van der Waals surface area contributed by atoms with Gasteiger partial charge in [0.15, 0.2) is 0 Å².